The van der Waals surface area contributed by atoms with Gasteiger partial charge in [0.2, 0.25) is 5.91 Å². The number of fused-ring (bicyclic) bond motifs is 2. The van der Waals surface area contributed by atoms with Gasteiger partial charge >= 0.3 is 0 Å². The molecule has 3 aromatic heterocycles. The van der Waals surface area contributed by atoms with Gasteiger partial charge < -0.3 is 23.9 Å². The minimum atomic E-state index is 0.0626. The normalized spacial score (nSPS) is 14.1. The highest BCUT2D eigenvalue weighted by atomic mass is 16.5. The van der Waals surface area contributed by atoms with E-state index in [2.05, 4.69) is 16.0 Å². The van der Waals surface area contributed by atoms with E-state index in [9.17, 15) is 10.1 Å². The average molecular weight is 415 g/mol. The summed E-state index contributed by atoms with van der Waals surface area (Å²) in [5.74, 6) is 0.797. The van der Waals surface area contributed by atoms with Gasteiger partial charge in [-0.2, -0.15) is 5.26 Å². The molecule has 1 N–H and O–H groups in total. The summed E-state index contributed by atoms with van der Waals surface area (Å²) in [6, 6.07) is 11.7. The first kappa shape index (κ1) is 19.2. The number of methoxy groups -OCH3 is 1. The Labute approximate surface area is 178 Å². The van der Waals surface area contributed by atoms with Crippen LogP contribution in [-0.2, 0) is 16.1 Å². The van der Waals surface area contributed by atoms with Gasteiger partial charge in [0.1, 0.15) is 17.9 Å². The Kier molecular flexibility index (Phi) is 4.81. The van der Waals surface area contributed by atoms with Crippen molar-refractivity contribution in [3.63, 3.8) is 0 Å². The summed E-state index contributed by atoms with van der Waals surface area (Å²) in [5, 5.41) is 11.1. The van der Waals surface area contributed by atoms with Crippen LogP contribution in [0.4, 0.5) is 0 Å². The van der Waals surface area contributed by atoms with Crippen molar-refractivity contribution in [2.24, 2.45) is 0 Å². The highest BCUT2D eigenvalue weighted by Gasteiger charge is 2.20. The minimum Gasteiger partial charge on any atom is -0.497 e. The fourth-order valence-corrected chi connectivity index (χ4v) is 4.08. The van der Waals surface area contributed by atoms with Crippen molar-refractivity contribution in [1.29, 1.82) is 5.26 Å². The van der Waals surface area contributed by atoms with Crippen molar-refractivity contribution in [1.82, 2.24) is 19.4 Å². The Hall–Kier alpha value is -3.83. The summed E-state index contributed by atoms with van der Waals surface area (Å²) in [4.78, 5) is 22.4. The van der Waals surface area contributed by atoms with E-state index in [0.29, 0.717) is 37.5 Å². The van der Waals surface area contributed by atoms with Gasteiger partial charge in [-0.25, -0.2) is 4.98 Å². The molecule has 0 aliphatic carbocycles. The maximum absolute atomic E-state index is 12.9. The summed E-state index contributed by atoms with van der Waals surface area (Å²) >= 11 is 0. The summed E-state index contributed by atoms with van der Waals surface area (Å²) in [6.07, 6.45) is 3.59. The van der Waals surface area contributed by atoms with E-state index in [1.807, 2.05) is 39.9 Å². The molecule has 0 radical (unpaired) electrons. The lowest BCUT2D eigenvalue weighted by Crippen LogP contribution is -2.42. The number of benzene rings is 1. The third kappa shape index (κ3) is 3.39. The summed E-state index contributed by atoms with van der Waals surface area (Å²) in [6.45, 7) is 2.62. The molecule has 5 rings (SSSR count). The van der Waals surface area contributed by atoms with Crippen LogP contribution in [0, 0.1) is 11.3 Å². The molecule has 156 valence electrons. The van der Waals surface area contributed by atoms with Crippen molar-refractivity contribution in [3.05, 3.63) is 48.3 Å². The van der Waals surface area contributed by atoms with Crippen LogP contribution in [0.15, 0.2) is 42.7 Å². The Morgan fingerprint density at radius 2 is 2.10 bits per heavy atom. The second-order valence-electron chi connectivity index (χ2n) is 7.46. The second kappa shape index (κ2) is 7.78. The first-order valence-electron chi connectivity index (χ1n) is 10.1. The number of H-pyrrole nitrogens is 1. The molecule has 0 bridgehead atoms. The van der Waals surface area contributed by atoms with Crippen molar-refractivity contribution in [3.8, 4) is 23.1 Å². The summed E-state index contributed by atoms with van der Waals surface area (Å²) < 4.78 is 12.8. The van der Waals surface area contributed by atoms with Crippen LogP contribution in [0.5, 0.6) is 5.75 Å². The molecule has 0 unspecified atom stereocenters. The largest absolute Gasteiger partial charge is 0.497 e. The van der Waals surface area contributed by atoms with Crippen molar-refractivity contribution in [2.75, 3.05) is 33.4 Å². The smallest absolute Gasteiger partial charge is 0.242 e. The van der Waals surface area contributed by atoms with E-state index in [1.54, 1.807) is 19.4 Å². The molecule has 0 saturated carbocycles. The van der Waals surface area contributed by atoms with E-state index < -0.39 is 0 Å². The number of carbonyl (C=O) groups excluding carboxylic acids is 1. The second-order valence-corrected chi connectivity index (χ2v) is 7.46. The van der Waals surface area contributed by atoms with E-state index in [0.717, 1.165) is 33.3 Å². The van der Waals surface area contributed by atoms with Gasteiger partial charge in [-0.15, -0.1) is 0 Å². The van der Waals surface area contributed by atoms with Gasteiger partial charge in [0, 0.05) is 53.0 Å². The van der Waals surface area contributed by atoms with Gasteiger partial charge in [-0.1, -0.05) is 0 Å². The third-order valence-electron chi connectivity index (χ3n) is 5.70. The van der Waals surface area contributed by atoms with Crippen LogP contribution in [0.3, 0.4) is 0 Å². The van der Waals surface area contributed by atoms with E-state index >= 15 is 0 Å². The molecule has 1 aliphatic rings. The Bertz CT molecular complexity index is 1320. The topological polar surface area (TPSA) is 96.2 Å². The molecule has 0 spiro atoms. The van der Waals surface area contributed by atoms with Gasteiger partial charge in [-0.3, -0.25) is 4.79 Å². The fourth-order valence-electron chi connectivity index (χ4n) is 4.08. The lowest BCUT2D eigenvalue weighted by atomic mass is 10.1. The number of nitrogens with zero attached hydrogens (tertiary/aromatic N) is 4. The van der Waals surface area contributed by atoms with Crippen LogP contribution in [0.25, 0.3) is 33.2 Å². The number of aromatic amines is 1. The van der Waals surface area contributed by atoms with Gasteiger partial charge in [-0.05, 0) is 30.3 Å². The Morgan fingerprint density at radius 1 is 1.26 bits per heavy atom. The molecule has 4 heterocycles. The quantitative estimate of drug-likeness (QED) is 0.553. The number of amides is 1. The molecular weight excluding hydrogens is 394 g/mol. The first-order chi connectivity index (χ1) is 15.2. The fraction of sp³-hybridized carbons (Fsp3) is 0.261. The van der Waals surface area contributed by atoms with Gasteiger partial charge in [0.25, 0.3) is 0 Å². The van der Waals surface area contributed by atoms with Gasteiger partial charge in [0.05, 0.1) is 32.0 Å². The highest BCUT2D eigenvalue weighted by Crippen LogP contribution is 2.34. The number of ether oxygens (including phenoxy) is 2. The number of hydrogen-bond donors (Lipinski definition) is 1. The number of nitrogens with one attached hydrogen (secondary N) is 1. The van der Waals surface area contributed by atoms with Crippen LogP contribution < -0.4 is 4.74 Å². The van der Waals surface area contributed by atoms with Gasteiger partial charge in [0.15, 0.2) is 0 Å². The number of rotatable bonds is 4. The van der Waals surface area contributed by atoms with E-state index in [-0.39, 0.29) is 12.5 Å². The highest BCUT2D eigenvalue weighted by molar-refractivity contribution is 5.99. The standard InChI is InChI=1S/C23H21N5O3/c1-30-16-2-3-21-18(10-16)19(13-28(21)14-22(29)27-6-8-31-9-7-27)20-11-17-15(12-24)4-5-25-23(17)26-20/h2-5,10-11,13H,6-9,14H2,1H3,(H,25,26). The Morgan fingerprint density at radius 3 is 2.87 bits per heavy atom. The molecule has 1 saturated heterocycles. The minimum absolute atomic E-state index is 0.0626. The van der Waals surface area contributed by atoms with Crippen molar-refractivity contribution in [2.45, 2.75) is 6.54 Å². The molecule has 8 heteroatoms. The van der Waals surface area contributed by atoms with Crippen LogP contribution >= 0.6 is 0 Å². The maximum atomic E-state index is 12.9. The number of nitriles is 1. The molecule has 1 fully saturated rings. The summed E-state index contributed by atoms with van der Waals surface area (Å²) in [5.41, 5.74) is 3.91. The monoisotopic (exact) mass is 415 g/mol. The number of morpholine rings is 1. The molecule has 0 atom stereocenters. The van der Waals surface area contributed by atoms with E-state index in [4.69, 9.17) is 9.47 Å². The molecule has 31 heavy (non-hydrogen) atoms. The van der Waals surface area contributed by atoms with Crippen LogP contribution in [0.2, 0.25) is 0 Å². The number of aromatic nitrogens is 3. The average Bonchev–Trinajstić information content (AvgIpc) is 3.40. The number of hydrogen-bond acceptors (Lipinski definition) is 5. The van der Waals surface area contributed by atoms with Crippen molar-refractivity contribution >= 4 is 27.8 Å². The first-order valence-corrected chi connectivity index (χ1v) is 10.1. The molecular formula is C23H21N5O3. The van der Waals surface area contributed by atoms with E-state index in [1.165, 1.54) is 0 Å². The zero-order valence-corrected chi connectivity index (χ0v) is 17.1. The lowest BCUT2D eigenvalue weighted by molar-refractivity contribution is -0.135. The SMILES string of the molecule is COc1ccc2c(c1)c(-c1cc3c(C#N)ccnc3[nH]1)cn2CC(=O)N1CCOCC1. The summed E-state index contributed by atoms with van der Waals surface area (Å²) in [7, 11) is 1.63. The number of carbonyl (C=O) groups is 1. The third-order valence-corrected chi connectivity index (χ3v) is 5.70. The predicted molar refractivity (Wildman–Crippen MR) is 116 cm³/mol. The molecule has 8 nitrogen and oxygen atoms in total. The molecule has 4 aromatic rings. The number of pyridine rings is 1. The maximum Gasteiger partial charge on any atom is 0.242 e. The van der Waals surface area contributed by atoms with Crippen LogP contribution in [-0.4, -0.2) is 58.8 Å². The zero-order valence-electron chi connectivity index (χ0n) is 17.1. The predicted octanol–water partition coefficient (Wildman–Crippen LogP) is 2.92. The zero-order chi connectivity index (χ0) is 21.4. The molecule has 1 aromatic carbocycles. The molecule has 1 aliphatic heterocycles. The van der Waals surface area contributed by atoms with Crippen LogP contribution in [0.1, 0.15) is 5.56 Å². The van der Waals surface area contributed by atoms with Crippen molar-refractivity contribution < 1.29 is 14.3 Å². The molecule has 1 amide bonds. The Balaban J connectivity index is 1.61. The lowest BCUT2D eigenvalue weighted by Gasteiger charge is -2.27.